The Bertz CT molecular complexity index is 380. The van der Waals surface area contributed by atoms with Gasteiger partial charge in [-0.15, -0.1) is 0 Å². The number of imidazole rings is 1. The van der Waals surface area contributed by atoms with Crippen LogP contribution in [0, 0.1) is 0 Å². The number of rotatable bonds is 2. The largest absolute Gasteiger partial charge is 0.341 e. The van der Waals surface area contributed by atoms with Gasteiger partial charge in [0.25, 0.3) is 0 Å². The van der Waals surface area contributed by atoms with Crippen molar-refractivity contribution in [2.45, 2.75) is 6.54 Å². The fraction of sp³-hybridized carbons (Fsp3) is 0.111. The van der Waals surface area contributed by atoms with Gasteiger partial charge >= 0.3 is 0 Å². The van der Waals surface area contributed by atoms with Crippen molar-refractivity contribution in [3.05, 3.63) is 36.4 Å². The van der Waals surface area contributed by atoms with E-state index in [9.17, 15) is 0 Å². The van der Waals surface area contributed by atoms with E-state index in [1.165, 1.54) is 0 Å². The highest BCUT2D eigenvalue weighted by Gasteiger charge is 2.00. The number of aromatic amines is 1. The highest BCUT2D eigenvalue weighted by molar-refractivity contribution is 5.53. The molecule has 0 saturated heterocycles. The van der Waals surface area contributed by atoms with Crippen LogP contribution in [0.25, 0.3) is 11.4 Å². The van der Waals surface area contributed by atoms with Gasteiger partial charge in [0.2, 0.25) is 0 Å². The second kappa shape index (κ2) is 3.37. The first kappa shape index (κ1) is 7.94. The highest BCUT2D eigenvalue weighted by Crippen LogP contribution is 2.12. The van der Waals surface area contributed by atoms with Crippen molar-refractivity contribution < 1.29 is 0 Å². The van der Waals surface area contributed by atoms with E-state index in [1.54, 1.807) is 18.6 Å². The maximum absolute atomic E-state index is 5.45. The van der Waals surface area contributed by atoms with Crippen LogP contribution in [0.4, 0.5) is 0 Å². The number of aromatic nitrogens is 3. The molecule has 0 aliphatic heterocycles. The summed E-state index contributed by atoms with van der Waals surface area (Å²) in [6.07, 6.45) is 5.23. The van der Waals surface area contributed by atoms with Gasteiger partial charge in [0.15, 0.2) is 0 Å². The van der Waals surface area contributed by atoms with Crippen molar-refractivity contribution in [3.8, 4) is 11.4 Å². The summed E-state index contributed by atoms with van der Waals surface area (Å²) in [6.45, 7) is 0.479. The van der Waals surface area contributed by atoms with Crippen LogP contribution in [-0.4, -0.2) is 15.0 Å². The Labute approximate surface area is 75.8 Å². The second-order valence-electron chi connectivity index (χ2n) is 2.70. The molecule has 2 aromatic rings. The van der Waals surface area contributed by atoms with Gasteiger partial charge in [-0.25, -0.2) is 4.98 Å². The van der Waals surface area contributed by atoms with Gasteiger partial charge in [-0.1, -0.05) is 0 Å². The molecule has 4 heteroatoms. The summed E-state index contributed by atoms with van der Waals surface area (Å²) in [5, 5.41) is 0. The van der Waals surface area contributed by atoms with Gasteiger partial charge in [-0.05, 0) is 12.1 Å². The van der Waals surface area contributed by atoms with Gasteiger partial charge in [0.1, 0.15) is 5.82 Å². The summed E-state index contributed by atoms with van der Waals surface area (Å²) >= 11 is 0. The molecule has 2 heterocycles. The SMILES string of the molecule is NCc1cnc(-c2cccnc2)[nH]1. The molecule has 0 saturated carbocycles. The number of pyridine rings is 1. The van der Waals surface area contributed by atoms with E-state index in [-0.39, 0.29) is 0 Å². The van der Waals surface area contributed by atoms with E-state index in [1.807, 2.05) is 12.1 Å². The predicted molar refractivity (Wildman–Crippen MR) is 49.7 cm³/mol. The van der Waals surface area contributed by atoms with Crippen LogP contribution in [0.3, 0.4) is 0 Å². The monoisotopic (exact) mass is 174 g/mol. The zero-order valence-corrected chi connectivity index (χ0v) is 7.07. The molecule has 66 valence electrons. The van der Waals surface area contributed by atoms with E-state index in [0.29, 0.717) is 6.54 Å². The minimum atomic E-state index is 0.479. The quantitative estimate of drug-likeness (QED) is 0.711. The van der Waals surface area contributed by atoms with Gasteiger partial charge in [0.05, 0.1) is 0 Å². The Morgan fingerprint density at radius 1 is 1.38 bits per heavy atom. The maximum Gasteiger partial charge on any atom is 0.139 e. The third kappa shape index (κ3) is 1.57. The first-order valence-corrected chi connectivity index (χ1v) is 4.04. The van der Waals surface area contributed by atoms with E-state index in [4.69, 9.17) is 5.73 Å². The van der Waals surface area contributed by atoms with Crippen LogP contribution in [0.2, 0.25) is 0 Å². The summed E-state index contributed by atoms with van der Waals surface area (Å²) in [5.74, 6) is 0.813. The molecule has 2 aromatic heterocycles. The molecular formula is C9H10N4. The number of nitrogens with zero attached hydrogens (tertiary/aromatic N) is 2. The molecule has 0 spiro atoms. The molecule has 0 bridgehead atoms. The third-order valence-electron chi connectivity index (χ3n) is 1.78. The van der Waals surface area contributed by atoms with E-state index in [2.05, 4.69) is 15.0 Å². The molecule has 0 unspecified atom stereocenters. The molecule has 0 aliphatic carbocycles. The maximum atomic E-state index is 5.45. The van der Waals surface area contributed by atoms with Crippen molar-refractivity contribution in [3.63, 3.8) is 0 Å². The molecule has 0 amide bonds. The summed E-state index contributed by atoms with van der Waals surface area (Å²) in [7, 11) is 0. The molecule has 0 atom stereocenters. The van der Waals surface area contributed by atoms with Crippen LogP contribution < -0.4 is 5.73 Å². The Balaban J connectivity index is 2.36. The number of nitrogens with one attached hydrogen (secondary N) is 1. The van der Waals surface area contributed by atoms with Crippen LogP contribution in [0.1, 0.15) is 5.69 Å². The van der Waals surface area contributed by atoms with E-state index >= 15 is 0 Å². The normalized spacial score (nSPS) is 10.2. The zero-order chi connectivity index (χ0) is 9.10. The Morgan fingerprint density at radius 3 is 2.92 bits per heavy atom. The van der Waals surface area contributed by atoms with Gasteiger partial charge in [-0.3, -0.25) is 4.98 Å². The van der Waals surface area contributed by atoms with Crippen LogP contribution in [-0.2, 0) is 6.54 Å². The molecule has 0 aromatic carbocycles. The lowest BCUT2D eigenvalue weighted by Crippen LogP contribution is -1.95. The molecule has 0 aliphatic rings. The van der Waals surface area contributed by atoms with Crippen molar-refractivity contribution in [1.29, 1.82) is 0 Å². The van der Waals surface area contributed by atoms with Crippen molar-refractivity contribution >= 4 is 0 Å². The van der Waals surface area contributed by atoms with Crippen molar-refractivity contribution in [1.82, 2.24) is 15.0 Å². The van der Waals surface area contributed by atoms with Gasteiger partial charge in [-0.2, -0.15) is 0 Å². The molecular weight excluding hydrogens is 164 g/mol. The molecule has 4 nitrogen and oxygen atoms in total. The minimum Gasteiger partial charge on any atom is -0.341 e. The van der Waals surface area contributed by atoms with Gasteiger partial charge < -0.3 is 10.7 Å². The van der Waals surface area contributed by atoms with Crippen LogP contribution >= 0.6 is 0 Å². The minimum absolute atomic E-state index is 0.479. The summed E-state index contributed by atoms with van der Waals surface area (Å²) in [6, 6.07) is 3.83. The van der Waals surface area contributed by atoms with Gasteiger partial charge in [0, 0.05) is 36.4 Å². The number of hydrogen-bond acceptors (Lipinski definition) is 3. The van der Waals surface area contributed by atoms with Crippen molar-refractivity contribution in [2.75, 3.05) is 0 Å². The molecule has 3 N–H and O–H groups in total. The topological polar surface area (TPSA) is 67.6 Å². The van der Waals surface area contributed by atoms with E-state index in [0.717, 1.165) is 17.1 Å². The fourth-order valence-corrected chi connectivity index (χ4v) is 1.11. The lowest BCUT2D eigenvalue weighted by atomic mass is 10.3. The summed E-state index contributed by atoms with van der Waals surface area (Å²) in [5.41, 5.74) is 7.36. The first-order valence-electron chi connectivity index (χ1n) is 4.04. The van der Waals surface area contributed by atoms with Crippen LogP contribution in [0.15, 0.2) is 30.7 Å². The Morgan fingerprint density at radius 2 is 2.31 bits per heavy atom. The predicted octanol–water partition coefficient (Wildman–Crippen LogP) is 0.930. The fourth-order valence-electron chi connectivity index (χ4n) is 1.11. The average molecular weight is 174 g/mol. The van der Waals surface area contributed by atoms with Crippen LogP contribution in [0.5, 0.6) is 0 Å². The summed E-state index contributed by atoms with van der Waals surface area (Å²) < 4.78 is 0. The molecule has 0 fully saturated rings. The number of hydrogen-bond donors (Lipinski definition) is 2. The lowest BCUT2D eigenvalue weighted by Gasteiger charge is -1.93. The Kier molecular flexibility index (Phi) is 2.06. The second-order valence-corrected chi connectivity index (χ2v) is 2.70. The summed E-state index contributed by atoms with van der Waals surface area (Å²) in [4.78, 5) is 11.3. The number of nitrogens with two attached hydrogens (primary N) is 1. The zero-order valence-electron chi connectivity index (χ0n) is 7.07. The third-order valence-corrected chi connectivity index (χ3v) is 1.78. The number of H-pyrrole nitrogens is 1. The standard InChI is InChI=1S/C9H10N4/c10-4-8-6-12-9(13-8)7-2-1-3-11-5-7/h1-3,5-6H,4,10H2,(H,12,13). The van der Waals surface area contributed by atoms with Crippen molar-refractivity contribution in [2.24, 2.45) is 5.73 Å². The highest BCUT2D eigenvalue weighted by atomic mass is 14.9. The average Bonchev–Trinajstić information content (AvgIpc) is 2.67. The molecule has 0 radical (unpaired) electrons. The molecule has 2 rings (SSSR count). The Hall–Kier alpha value is -1.68. The lowest BCUT2D eigenvalue weighted by molar-refractivity contribution is 1.01. The first-order chi connectivity index (χ1) is 6.40. The van der Waals surface area contributed by atoms with E-state index < -0.39 is 0 Å². The molecule has 13 heavy (non-hydrogen) atoms. The smallest absolute Gasteiger partial charge is 0.139 e.